The molecule has 0 bridgehead atoms. The van der Waals surface area contributed by atoms with E-state index in [-0.39, 0.29) is 11.9 Å². The fourth-order valence-corrected chi connectivity index (χ4v) is 4.58. The van der Waals surface area contributed by atoms with E-state index in [9.17, 15) is 4.79 Å². The minimum absolute atomic E-state index is 0.218. The number of H-pyrrole nitrogens is 2. The summed E-state index contributed by atoms with van der Waals surface area (Å²) in [6.45, 7) is 3.89. The van der Waals surface area contributed by atoms with Gasteiger partial charge < -0.3 is 10.2 Å². The molecule has 1 saturated heterocycles. The molecule has 1 unspecified atom stereocenters. The zero-order valence-corrected chi connectivity index (χ0v) is 18.0. The molecule has 0 spiro atoms. The van der Waals surface area contributed by atoms with E-state index < -0.39 is 0 Å². The molecular formula is C24H27N7O. The van der Waals surface area contributed by atoms with Gasteiger partial charge in [0.05, 0.1) is 0 Å². The third-order valence-corrected chi connectivity index (χ3v) is 6.03. The summed E-state index contributed by atoms with van der Waals surface area (Å²) >= 11 is 0. The number of benzene rings is 1. The van der Waals surface area contributed by atoms with Crippen molar-refractivity contribution in [1.29, 1.82) is 0 Å². The van der Waals surface area contributed by atoms with E-state index in [1.807, 2.05) is 31.2 Å². The second-order valence-corrected chi connectivity index (χ2v) is 8.09. The van der Waals surface area contributed by atoms with Crippen molar-refractivity contribution in [3.05, 3.63) is 77.5 Å². The Hall–Kier alpha value is -3.65. The van der Waals surface area contributed by atoms with Crippen molar-refractivity contribution in [2.75, 3.05) is 18.4 Å². The van der Waals surface area contributed by atoms with E-state index in [1.165, 1.54) is 6.42 Å². The predicted octanol–water partition coefficient (Wildman–Crippen LogP) is 3.43. The van der Waals surface area contributed by atoms with Crippen molar-refractivity contribution >= 4 is 16.6 Å². The van der Waals surface area contributed by atoms with Gasteiger partial charge in [0.2, 0.25) is 0 Å². The summed E-state index contributed by atoms with van der Waals surface area (Å²) in [5.41, 5.74) is 0.291. The van der Waals surface area contributed by atoms with Gasteiger partial charge in [0.15, 0.2) is 5.82 Å². The number of fused-ring (bicyclic) bond motifs is 1. The summed E-state index contributed by atoms with van der Waals surface area (Å²) < 4.78 is 0. The molecule has 0 saturated carbocycles. The van der Waals surface area contributed by atoms with Crippen molar-refractivity contribution in [3.63, 3.8) is 0 Å². The lowest BCUT2D eigenvalue weighted by Crippen LogP contribution is -2.48. The number of pyridine rings is 1. The number of rotatable bonds is 6. The van der Waals surface area contributed by atoms with Gasteiger partial charge in [-0.25, -0.2) is 14.9 Å². The molecule has 3 aromatic rings. The average Bonchev–Trinajstić information content (AvgIpc) is 3.47. The number of hydrogen-bond acceptors (Lipinski definition) is 6. The molecule has 8 heteroatoms. The molecule has 2 atom stereocenters. The lowest BCUT2D eigenvalue weighted by atomic mass is 10.1. The molecular weight excluding hydrogens is 402 g/mol. The Morgan fingerprint density at radius 3 is 3.03 bits per heavy atom. The fourth-order valence-electron chi connectivity index (χ4n) is 4.58. The molecule has 3 N–H and O–H groups in total. The third-order valence-electron chi connectivity index (χ3n) is 6.03. The minimum atomic E-state index is -0.341. The van der Waals surface area contributed by atoms with Gasteiger partial charge in [-0.2, -0.15) is 5.10 Å². The monoisotopic (exact) mass is 429 g/mol. The van der Waals surface area contributed by atoms with Crippen molar-refractivity contribution in [2.45, 2.75) is 32.0 Å². The summed E-state index contributed by atoms with van der Waals surface area (Å²) in [6, 6.07) is 10.5. The summed E-state index contributed by atoms with van der Waals surface area (Å²) in [4.78, 5) is 23.8. The van der Waals surface area contributed by atoms with Gasteiger partial charge in [0.1, 0.15) is 17.7 Å². The van der Waals surface area contributed by atoms with E-state index in [0.29, 0.717) is 17.6 Å². The van der Waals surface area contributed by atoms with Crippen LogP contribution in [0.15, 0.2) is 71.8 Å². The van der Waals surface area contributed by atoms with Gasteiger partial charge in [-0.1, -0.05) is 36.4 Å². The third kappa shape index (κ3) is 3.97. The maximum atomic E-state index is 11.5. The van der Waals surface area contributed by atoms with Gasteiger partial charge in [-0.15, -0.1) is 0 Å². The van der Waals surface area contributed by atoms with E-state index in [4.69, 9.17) is 4.98 Å². The summed E-state index contributed by atoms with van der Waals surface area (Å²) in [6.07, 6.45) is 15.3. The van der Waals surface area contributed by atoms with Crippen molar-refractivity contribution in [2.24, 2.45) is 0 Å². The maximum Gasteiger partial charge on any atom is 0.340 e. The number of allylic oxidation sites excluding steroid dienone is 3. The molecule has 2 aliphatic rings. The highest BCUT2D eigenvalue weighted by atomic mass is 16.1. The molecule has 0 amide bonds. The largest absolute Gasteiger partial charge is 0.368 e. The number of anilines is 1. The van der Waals surface area contributed by atoms with Crippen LogP contribution in [0.25, 0.3) is 22.3 Å². The lowest BCUT2D eigenvalue weighted by molar-refractivity contribution is 0.132. The fraction of sp³-hybridized carbons (Fsp3) is 0.292. The van der Waals surface area contributed by atoms with Gasteiger partial charge in [0, 0.05) is 36.9 Å². The van der Waals surface area contributed by atoms with Gasteiger partial charge >= 0.3 is 5.69 Å². The van der Waals surface area contributed by atoms with Crippen LogP contribution in [0.5, 0.6) is 0 Å². The number of aromatic amines is 2. The van der Waals surface area contributed by atoms with Crippen molar-refractivity contribution < 1.29 is 0 Å². The van der Waals surface area contributed by atoms with Crippen LogP contribution in [-0.2, 0) is 0 Å². The number of hydrogen-bond donors (Lipinski definition) is 3. The first kappa shape index (κ1) is 20.3. The molecule has 4 heterocycles. The molecule has 5 rings (SSSR count). The Labute approximate surface area is 186 Å². The first-order chi connectivity index (χ1) is 15.7. The Balaban J connectivity index is 1.40. The van der Waals surface area contributed by atoms with Crippen LogP contribution in [0.2, 0.25) is 0 Å². The number of nitrogens with one attached hydrogen (secondary N) is 3. The average molecular weight is 430 g/mol. The normalized spacial score (nSPS) is 21.2. The summed E-state index contributed by atoms with van der Waals surface area (Å²) in [5, 5.41) is 12.2. The van der Waals surface area contributed by atoms with E-state index >= 15 is 0 Å². The number of nitrogens with zero attached hydrogens (tertiary/aromatic N) is 4. The zero-order valence-electron chi connectivity index (χ0n) is 18.0. The Morgan fingerprint density at radius 1 is 1.28 bits per heavy atom. The first-order valence-corrected chi connectivity index (χ1v) is 11.0. The SMILES string of the molecule is CC=CN1C=CC=CC1N1CCC[C@H]1CNc1nc(-c2n[nH]c(=O)[nH]2)cc2ccccc12. The Bertz CT molecular complexity index is 1240. The maximum absolute atomic E-state index is 11.5. The van der Waals surface area contributed by atoms with Crippen LogP contribution >= 0.6 is 0 Å². The molecule has 164 valence electrons. The van der Waals surface area contributed by atoms with Crippen LogP contribution in [0, 0.1) is 0 Å². The molecule has 1 aromatic carbocycles. The predicted molar refractivity (Wildman–Crippen MR) is 127 cm³/mol. The molecule has 0 aliphatic carbocycles. The molecule has 32 heavy (non-hydrogen) atoms. The standard InChI is InChI=1S/C24H27N7O/c1-2-12-30-13-6-5-11-21(30)31-14-7-9-18(31)16-25-22-19-10-4-3-8-17(19)15-20(26-22)23-27-24(32)29-28-23/h2-6,8,10-13,15,18,21H,7,9,14,16H2,1H3,(H,25,26)(H2,27,28,29,32)/t18-,21?/m0/s1. The smallest absolute Gasteiger partial charge is 0.340 e. The summed E-state index contributed by atoms with van der Waals surface area (Å²) in [5.74, 6) is 1.24. The highest BCUT2D eigenvalue weighted by Gasteiger charge is 2.32. The minimum Gasteiger partial charge on any atom is -0.368 e. The van der Waals surface area contributed by atoms with E-state index in [2.05, 4.69) is 73.1 Å². The van der Waals surface area contributed by atoms with E-state index in [1.54, 1.807) is 0 Å². The van der Waals surface area contributed by atoms with Crippen LogP contribution < -0.4 is 11.0 Å². The van der Waals surface area contributed by atoms with Crippen molar-refractivity contribution in [1.82, 2.24) is 30.0 Å². The van der Waals surface area contributed by atoms with Crippen LogP contribution in [0.4, 0.5) is 5.82 Å². The summed E-state index contributed by atoms with van der Waals surface area (Å²) in [7, 11) is 0. The Kier molecular flexibility index (Phi) is 5.60. The number of likely N-dealkylation sites (tertiary alicyclic amines) is 1. The topological polar surface area (TPSA) is 92.9 Å². The highest BCUT2D eigenvalue weighted by Crippen LogP contribution is 2.28. The van der Waals surface area contributed by atoms with E-state index in [0.717, 1.165) is 36.1 Å². The van der Waals surface area contributed by atoms with Gasteiger partial charge in [0.25, 0.3) is 0 Å². The second-order valence-electron chi connectivity index (χ2n) is 8.09. The van der Waals surface area contributed by atoms with Crippen molar-refractivity contribution in [3.8, 4) is 11.5 Å². The first-order valence-electron chi connectivity index (χ1n) is 11.0. The van der Waals surface area contributed by atoms with Crippen LogP contribution in [0.1, 0.15) is 19.8 Å². The molecule has 8 nitrogen and oxygen atoms in total. The van der Waals surface area contributed by atoms with Crippen LogP contribution in [0.3, 0.4) is 0 Å². The molecule has 2 aliphatic heterocycles. The number of aromatic nitrogens is 4. The van der Waals surface area contributed by atoms with Crippen LogP contribution in [-0.4, -0.2) is 55.3 Å². The highest BCUT2D eigenvalue weighted by molar-refractivity contribution is 5.94. The van der Waals surface area contributed by atoms with Gasteiger partial charge in [-0.05, 0) is 43.4 Å². The molecule has 0 radical (unpaired) electrons. The second kappa shape index (κ2) is 8.84. The molecule has 1 fully saturated rings. The zero-order chi connectivity index (χ0) is 21.9. The van der Waals surface area contributed by atoms with Gasteiger partial charge in [-0.3, -0.25) is 9.88 Å². The quantitative estimate of drug-likeness (QED) is 0.556. The molecule has 2 aromatic heterocycles. The Morgan fingerprint density at radius 2 is 2.19 bits per heavy atom. The lowest BCUT2D eigenvalue weighted by Gasteiger charge is -2.38.